The summed E-state index contributed by atoms with van der Waals surface area (Å²) in [6, 6.07) is 2.90. The predicted molar refractivity (Wildman–Crippen MR) is 71.6 cm³/mol. The zero-order chi connectivity index (χ0) is 13.8. The lowest BCUT2D eigenvalue weighted by Crippen LogP contribution is -2.34. The Balaban J connectivity index is 3.32. The van der Waals surface area contributed by atoms with Gasteiger partial charge in [-0.3, -0.25) is 4.98 Å². The summed E-state index contributed by atoms with van der Waals surface area (Å²) in [5, 5.41) is 8.88. The predicted octanol–water partition coefficient (Wildman–Crippen LogP) is -0.281. The van der Waals surface area contributed by atoms with E-state index in [1.165, 1.54) is 18.3 Å². The number of nitrogens with zero attached hydrogens (tertiary/aromatic N) is 2. The number of nitrogens with two attached hydrogens (primary N) is 1. The minimum absolute atomic E-state index is 0.0184. The molecule has 0 aliphatic rings. The summed E-state index contributed by atoms with van der Waals surface area (Å²) in [7, 11) is -3.75. The molecule has 0 aliphatic heterocycles. The standard InChI is InChI=1S/C10H15N3O3S2/c1-2-13(6-7-14)18(15,16)8-4-3-5-12-9(8)10(11)17/h3-5,14H,2,6-7H2,1H3,(H2,11,17). The van der Waals surface area contributed by atoms with Crippen LogP contribution in [0.2, 0.25) is 0 Å². The van der Waals surface area contributed by atoms with E-state index in [9.17, 15) is 8.42 Å². The normalized spacial score (nSPS) is 11.7. The highest BCUT2D eigenvalue weighted by molar-refractivity contribution is 7.89. The number of likely N-dealkylation sites (N-methyl/N-ethyl adjacent to an activating group) is 1. The van der Waals surface area contributed by atoms with Crippen molar-refractivity contribution in [1.29, 1.82) is 0 Å². The molecule has 0 fully saturated rings. The maximum atomic E-state index is 12.3. The van der Waals surface area contributed by atoms with Crippen molar-refractivity contribution in [2.24, 2.45) is 5.73 Å². The van der Waals surface area contributed by atoms with Crippen molar-refractivity contribution >= 4 is 27.2 Å². The van der Waals surface area contributed by atoms with Gasteiger partial charge in [0.1, 0.15) is 15.6 Å². The fourth-order valence-electron chi connectivity index (χ4n) is 1.48. The summed E-state index contributed by atoms with van der Waals surface area (Å²) in [4.78, 5) is 3.78. The maximum Gasteiger partial charge on any atom is 0.245 e. The monoisotopic (exact) mass is 289 g/mol. The van der Waals surface area contributed by atoms with Crippen molar-refractivity contribution in [3.05, 3.63) is 24.0 Å². The highest BCUT2D eigenvalue weighted by atomic mass is 32.2. The molecule has 0 spiro atoms. The first-order chi connectivity index (χ1) is 8.45. The summed E-state index contributed by atoms with van der Waals surface area (Å²) >= 11 is 4.79. The van der Waals surface area contributed by atoms with Gasteiger partial charge in [0, 0.05) is 19.3 Å². The molecule has 1 rings (SSSR count). The minimum atomic E-state index is -3.75. The van der Waals surface area contributed by atoms with Crippen LogP contribution < -0.4 is 5.73 Å². The summed E-state index contributed by atoms with van der Waals surface area (Å²) in [5.41, 5.74) is 5.54. The molecule has 6 nitrogen and oxygen atoms in total. The molecule has 1 aromatic rings. The van der Waals surface area contributed by atoms with Gasteiger partial charge in [-0.2, -0.15) is 4.31 Å². The van der Waals surface area contributed by atoms with Gasteiger partial charge in [-0.25, -0.2) is 8.42 Å². The molecule has 3 N–H and O–H groups in total. The van der Waals surface area contributed by atoms with Gasteiger partial charge in [0.25, 0.3) is 0 Å². The van der Waals surface area contributed by atoms with E-state index in [-0.39, 0.29) is 35.3 Å². The second-order valence-electron chi connectivity index (χ2n) is 3.43. The van der Waals surface area contributed by atoms with E-state index < -0.39 is 10.0 Å². The first-order valence-electron chi connectivity index (χ1n) is 5.31. The number of thiocarbonyl (C=S) groups is 1. The van der Waals surface area contributed by atoms with Gasteiger partial charge in [0.2, 0.25) is 10.0 Å². The van der Waals surface area contributed by atoms with Crippen molar-refractivity contribution < 1.29 is 13.5 Å². The van der Waals surface area contributed by atoms with Crippen molar-refractivity contribution in [3.63, 3.8) is 0 Å². The van der Waals surface area contributed by atoms with Gasteiger partial charge < -0.3 is 10.8 Å². The molecule has 1 heterocycles. The van der Waals surface area contributed by atoms with E-state index in [4.69, 9.17) is 23.1 Å². The molecule has 0 radical (unpaired) electrons. The lowest BCUT2D eigenvalue weighted by Gasteiger charge is -2.20. The lowest BCUT2D eigenvalue weighted by molar-refractivity contribution is 0.257. The van der Waals surface area contributed by atoms with E-state index in [1.807, 2.05) is 0 Å². The first-order valence-corrected chi connectivity index (χ1v) is 7.15. The van der Waals surface area contributed by atoms with Crippen LogP contribution in [0.1, 0.15) is 12.6 Å². The highest BCUT2D eigenvalue weighted by Crippen LogP contribution is 2.18. The van der Waals surface area contributed by atoms with Crippen molar-refractivity contribution in [1.82, 2.24) is 9.29 Å². The molecule has 0 aromatic carbocycles. The molecule has 8 heteroatoms. The topological polar surface area (TPSA) is 96.5 Å². The van der Waals surface area contributed by atoms with Gasteiger partial charge >= 0.3 is 0 Å². The van der Waals surface area contributed by atoms with Gasteiger partial charge in [-0.15, -0.1) is 0 Å². The Morgan fingerprint density at radius 2 is 2.28 bits per heavy atom. The molecular weight excluding hydrogens is 274 g/mol. The Kier molecular flexibility index (Phi) is 5.15. The number of rotatable bonds is 6. The SMILES string of the molecule is CCN(CCO)S(=O)(=O)c1cccnc1C(N)=S. The minimum Gasteiger partial charge on any atom is -0.395 e. The van der Waals surface area contributed by atoms with Crippen molar-refractivity contribution in [2.45, 2.75) is 11.8 Å². The third kappa shape index (κ3) is 3.02. The van der Waals surface area contributed by atoms with Gasteiger partial charge in [0.15, 0.2) is 0 Å². The second-order valence-corrected chi connectivity index (χ2v) is 5.78. The number of aliphatic hydroxyl groups excluding tert-OH is 1. The Labute approximate surface area is 111 Å². The van der Waals surface area contributed by atoms with E-state index in [0.29, 0.717) is 0 Å². The number of sulfonamides is 1. The van der Waals surface area contributed by atoms with Crippen LogP contribution in [-0.2, 0) is 10.0 Å². The summed E-state index contributed by atoms with van der Waals surface area (Å²) in [6.45, 7) is 1.69. The third-order valence-corrected chi connectivity index (χ3v) is 4.52. The summed E-state index contributed by atoms with van der Waals surface area (Å²) < 4.78 is 25.8. The second kappa shape index (κ2) is 6.19. The molecule has 0 saturated heterocycles. The highest BCUT2D eigenvalue weighted by Gasteiger charge is 2.26. The van der Waals surface area contributed by atoms with E-state index in [0.717, 1.165) is 4.31 Å². The molecule has 100 valence electrons. The molecule has 0 atom stereocenters. The average molecular weight is 289 g/mol. The van der Waals surface area contributed by atoms with E-state index >= 15 is 0 Å². The molecule has 0 aliphatic carbocycles. The molecule has 0 saturated carbocycles. The first kappa shape index (κ1) is 15.0. The molecule has 0 bridgehead atoms. The zero-order valence-corrected chi connectivity index (χ0v) is 11.5. The zero-order valence-electron chi connectivity index (χ0n) is 9.91. The molecule has 0 unspecified atom stereocenters. The molecular formula is C10H15N3O3S2. The number of hydrogen-bond acceptors (Lipinski definition) is 5. The van der Waals surface area contributed by atoms with E-state index in [2.05, 4.69) is 4.98 Å². The number of pyridine rings is 1. The average Bonchev–Trinajstić information content (AvgIpc) is 2.35. The summed E-state index contributed by atoms with van der Waals surface area (Å²) in [6.07, 6.45) is 1.43. The third-order valence-electron chi connectivity index (χ3n) is 2.32. The van der Waals surface area contributed by atoms with Crippen LogP contribution in [0.15, 0.2) is 23.2 Å². The van der Waals surface area contributed by atoms with Gasteiger partial charge in [-0.1, -0.05) is 19.1 Å². The van der Waals surface area contributed by atoms with Gasteiger partial charge in [-0.05, 0) is 12.1 Å². The maximum absolute atomic E-state index is 12.3. The Morgan fingerprint density at radius 1 is 1.61 bits per heavy atom. The Bertz CT molecular complexity index is 531. The smallest absolute Gasteiger partial charge is 0.245 e. The largest absolute Gasteiger partial charge is 0.395 e. The molecule has 18 heavy (non-hydrogen) atoms. The Morgan fingerprint density at radius 3 is 2.78 bits per heavy atom. The van der Waals surface area contributed by atoms with Gasteiger partial charge in [0.05, 0.1) is 6.61 Å². The van der Waals surface area contributed by atoms with Crippen LogP contribution in [0.4, 0.5) is 0 Å². The van der Waals surface area contributed by atoms with Crippen molar-refractivity contribution in [2.75, 3.05) is 19.7 Å². The summed E-state index contributed by atoms with van der Waals surface area (Å²) in [5.74, 6) is 0. The van der Waals surface area contributed by atoms with Crippen molar-refractivity contribution in [3.8, 4) is 0 Å². The molecule has 0 amide bonds. The van der Waals surface area contributed by atoms with Crippen LogP contribution in [0.25, 0.3) is 0 Å². The fraction of sp³-hybridized carbons (Fsp3) is 0.400. The fourth-order valence-corrected chi connectivity index (χ4v) is 3.31. The number of hydrogen-bond donors (Lipinski definition) is 2. The van der Waals surface area contributed by atoms with Crippen LogP contribution in [0.5, 0.6) is 0 Å². The van der Waals surface area contributed by atoms with Crippen LogP contribution in [0, 0.1) is 0 Å². The Hall–Kier alpha value is -1.09. The van der Waals surface area contributed by atoms with Crippen LogP contribution in [0.3, 0.4) is 0 Å². The quantitative estimate of drug-likeness (QED) is 0.699. The van der Waals surface area contributed by atoms with Crippen LogP contribution in [-0.4, -0.2) is 47.5 Å². The molecule has 1 aromatic heterocycles. The van der Waals surface area contributed by atoms with E-state index in [1.54, 1.807) is 6.92 Å². The lowest BCUT2D eigenvalue weighted by atomic mass is 10.3. The number of aliphatic hydroxyl groups is 1. The van der Waals surface area contributed by atoms with Crippen LogP contribution >= 0.6 is 12.2 Å². The number of aromatic nitrogens is 1.